The molecule has 1 amide bonds. The van der Waals surface area contributed by atoms with Crippen molar-refractivity contribution in [2.75, 3.05) is 25.6 Å². The number of sulfonamides is 1. The van der Waals surface area contributed by atoms with Gasteiger partial charge in [0.2, 0.25) is 15.9 Å². The van der Waals surface area contributed by atoms with Crippen molar-refractivity contribution in [3.05, 3.63) is 54.6 Å². The number of ether oxygens (including phenoxy) is 2. The monoisotopic (exact) mass is 406 g/mol. The smallest absolute Gasteiger partial charge is 0.320 e. The van der Waals surface area contributed by atoms with Crippen LogP contribution in [0.15, 0.2) is 59.5 Å². The third-order valence-corrected chi connectivity index (χ3v) is 5.06. The molecule has 0 bridgehead atoms. The molecule has 0 heterocycles. The van der Waals surface area contributed by atoms with Crippen molar-refractivity contribution < 1.29 is 27.5 Å². The van der Waals surface area contributed by atoms with Gasteiger partial charge in [0.1, 0.15) is 12.3 Å². The first-order chi connectivity index (χ1) is 13.4. The highest BCUT2D eigenvalue weighted by Gasteiger charge is 2.15. The fourth-order valence-corrected chi connectivity index (χ4v) is 3.16. The first-order valence-corrected chi connectivity index (χ1v) is 10.0. The molecule has 9 heteroatoms. The van der Waals surface area contributed by atoms with Crippen LogP contribution in [0.4, 0.5) is 5.69 Å². The third kappa shape index (κ3) is 7.01. The number of hydrogen-bond donors (Lipinski definition) is 2. The second-order valence-electron chi connectivity index (χ2n) is 5.74. The summed E-state index contributed by atoms with van der Waals surface area (Å²) in [7, 11) is -2.67. The Kier molecular flexibility index (Phi) is 7.97. The number of anilines is 1. The quantitative estimate of drug-likeness (QED) is 0.461. The SMILES string of the molecule is COC(=O)CNS(=O)(=O)c1ccc(NC(=O)CCCOc2ccccc2)cc1. The summed E-state index contributed by atoms with van der Waals surface area (Å²) in [6, 6.07) is 15.0. The minimum Gasteiger partial charge on any atom is -0.494 e. The zero-order chi connectivity index (χ0) is 20.4. The van der Waals surface area contributed by atoms with Crippen LogP contribution < -0.4 is 14.8 Å². The maximum atomic E-state index is 12.1. The van der Waals surface area contributed by atoms with Crippen LogP contribution in [0.5, 0.6) is 5.75 Å². The molecule has 0 aliphatic carbocycles. The topological polar surface area (TPSA) is 111 Å². The van der Waals surface area contributed by atoms with Gasteiger partial charge in [-0.15, -0.1) is 0 Å². The number of amides is 1. The van der Waals surface area contributed by atoms with Crippen LogP contribution >= 0.6 is 0 Å². The van der Waals surface area contributed by atoms with Crippen molar-refractivity contribution in [2.24, 2.45) is 0 Å². The van der Waals surface area contributed by atoms with Crippen molar-refractivity contribution >= 4 is 27.6 Å². The molecule has 28 heavy (non-hydrogen) atoms. The van der Waals surface area contributed by atoms with Gasteiger partial charge < -0.3 is 14.8 Å². The molecule has 0 saturated carbocycles. The summed E-state index contributed by atoms with van der Waals surface area (Å²) in [5, 5.41) is 2.69. The number of carbonyl (C=O) groups excluding carboxylic acids is 2. The van der Waals surface area contributed by atoms with Gasteiger partial charge >= 0.3 is 5.97 Å². The van der Waals surface area contributed by atoms with E-state index in [-0.39, 0.29) is 17.2 Å². The molecule has 2 N–H and O–H groups in total. The lowest BCUT2D eigenvalue weighted by atomic mass is 10.2. The highest BCUT2D eigenvalue weighted by molar-refractivity contribution is 7.89. The summed E-state index contributed by atoms with van der Waals surface area (Å²) < 4.78 is 36.2. The lowest BCUT2D eigenvalue weighted by Crippen LogP contribution is -2.30. The summed E-state index contributed by atoms with van der Waals surface area (Å²) in [6.45, 7) is -0.0388. The predicted molar refractivity (Wildman–Crippen MR) is 103 cm³/mol. The van der Waals surface area contributed by atoms with Gasteiger partial charge in [0.25, 0.3) is 0 Å². The highest BCUT2D eigenvalue weighted by Crippen LogP contribution is 2.14. The molecular weight excluding hydrogens is 384 g/mol. The number of esters is 1. The van der Waals surface area contributed by atoms with E-state index in [2.05, 4.69) is 14.8 Å². The maximum Gasteiger partial charge on any atom is 0.320 e. The van der Waals surface area contributed by atoms with Crippen LogP contribution in [0.1, 0.15) is 12.8 Å². The predicted octanol–water partition coefficient (Wildman–Crippen LogP) is 1.94. The Labute approximate surface area is 163 Å². The summed E-state index contributed by atoms with van der Waals surface area (Å²) >= 11 is 0. The van der Waals surface area contributed by atoms with E-state index >= 15 is 0 Å². The van der Waals surface area contributed by atoms with Gasteiger partial charge in [-0.2, -0.15) is 4.72 Å². The molecule has 0 saturated heterocycles. The number of para-hydroxylation sites is 1. The summed E-state index contributed by atoms with van der Waals surface area (Å²) in [4.78, 5) is 23.0. The number of hydrogen-bond acceptors (Lipinski definition) is 6. The Morgan fingerprint density at radius 1 is 1.00 bits per heavy atom. The van der Waals surface area contributed by atoms with E-state index in [1.807, 2.05) is 30.3 Å². The zero-order valence-corrected chi connectivity index (χ0v) is 16.2. The molecular formula is C19H22N2O6S. The fraction of sp³-hybridized carbons (Fsp3) is 0.263. The van der Waals surface area contributed by atoms with Crippen LogP contribution in [0.3, 0.4) is 0 Å². The number of rotatable bonds is 10. The van der Waals surface area contributed by atoms with Gasteiger partial charge in [0, 0.05) is 12.1 Å². The molecule has 150 valence electrons. The van der Waals surface area contributed by atoms with Gasteiger partial charge in [-0.25, -0.2) is 8.42 Å². The zero-order valence-electron chi connectivity index (χ0n) is 15.4. The number of nitrogens with one attached hydrogen (secondary N) is 2. The third-order valence-electron chi connectivity index (χ3n) is 3.64. The van der Waals surface area contributed by atoms with Crippen LogP contribution in [0.2, 0.25) is 0 Å². The molecule has 0 unspecified atom stereocenters. The number of methoxy groups -OCH3 is 1. The Hall–Kier alpha value is -2.91. The van der Waals surface area contributed by atoms with Crippen molar-refractivity contribution in [1.82, 2.24) is 4.72 Å². The van der Waals surface area contributed by atoms with Gasteiger partial charge in [0.05, 0.1) is 18.6 Å². The van der Waals surface area contributed by atoms with E-state index in [0.29, 0.717) is 18.7 Å². The van der Waals surface area contributed by atoms with Crippen LogP contribution in [-0.4, -0.2) is 40.6 Å². The lowest BCUT2D eigenvalue weighted by molar-refractivity contribution is -0.139. The average molecular weight is 406 g/mol. The largest absolute Gasteiger partial charge is 0.494 e. The van der Waals surface area contributed by atoms with Gasteiger partial charge in [-0.05, 0) is 42.8 Å². The number of benzene rings is 2. The second-order valence-corrected chi connectivity index (χ2v) is 7.51. The van der Waals surface area contributed by atoms with E-state index in [1.165, 1.54) is 31.4 Å². The summed E-state index contributed by atoms with van der Waals surface area (Å²) in [5.74, 6) is -0.139. The first kappa shape index (κ1) is 21.4. The van der Waals surface area contributed by atoms with E-state index in [1.54, 1.807) is 0 Å². The molecule has 0 aliphatic rings. The van der Waals surface area contributed by atoms with Gasteiger partial charge in [-0.3, -0.25) is 9.59 Å². The minimum absolute atomic E-state index is 0.0225. The second kappa shape index (κ2) is 10.4. The van der Waals surface area contributed by atoms with E-state index < -0.39 is 22.5 Å². The van der Waals surface area contributed by atoms with Crippen molar-refractivity contribution in [3.8, 4) is 5.75 Å². The van der Waals surface area contributed by atoms with Gasteiger partial charge in [0.15, 0.2) is 0 Å². The molecule has 0 radical (unpaired) electrons. The van der Waals surface area contributed by atoms with E-state index in [9.17, 15) is 18.0 Å². The molecule has 2 aromatic rings. The standard InChI is InChI=1S/C19H22N2O6S/c1-26-19(23)14-20-28(24,25)17-11-9-15(10-12-17)21-18(22)8-5-13-27-16-6-3-2-4-7-16/h2-4,6-7,9-12,20H,5,8,13-14H2,1H3,(H,21,22). The van der Waals surface area contributed by atoms with Crippen LogP contribution in [0, 0.1) is 0 Å². The number of carbonyl (C=O) groups is 2. The fourth-order valence-electron chi connectivity index (χ4n) is 2.19. The molecule has 0 aromatic heterocycles. The van der Waals surface area contributed by atoms with Crippen molar-refractivity contribution in [1.29, 1.82) is 0 Å². The first-order valence-electron chi connectivity index (χ1n) is 8.55. The normalized spacial score (nSPS) is 10.9. The molecule has 8 nitrogen and oxygen atoms in total. The summed E-state index contributed by atoms with van der Waals surface area (Å²) in [6.07, 6.45) is 0.818. The Morgan fingerprint density at radius 3 is 2.32 bits per heavy atom. The van der Waals surface area contributed by atoms with Crippen LogP contribution in [-0.2, 0) is 24.3 Å². The average Bonchev–Trinajstić information content (AvgIpc) is 2.70. The van der Waals surface area contributed by atoms with Crippen LogP contribution in [0.25, 0.3) is 0 Å². The maximum absolute atomic E-state index is 12.1. The van der Waals surface area contributed by atoms with Crippen molar-refractivity contribution in [2.45, 2.75) is 17.7 Å². The molecule has 0 aliphatic heterocycles. The van der Waals surface area contributed by atoms with E-state index in [4.69, 9.17) is 4.74 Å². The van der Waals surface area contributed by atoms with Gasteiger partial charge in [-0.1, -0.05) is 18.2 Å². The van der Waals surface area contributed by atoms with Crippen molar-refractivity contribution in [3.63, 3.8) is 0 Å². The molecule has 0 atom stereocenters. The molecule has 2 rings (SSSR count). The Balaban J connectivity index is 1.78. The lowest BCUT2D eigenvalue weighted by Gasteiger charge is -2.09. The minimum atomic E-state index is -3.83. The Morgan fingerprint density at radius 2 is 1.68 bits per heavy atom. The molecule has 0 spiro atoms. The van der Waals surface area contributed by atoms with E-state index in [0.717, 1.165) is 5.75 Å². The molecule has 2 aromatic carbocycles. The highest BCUT2D eigenvalue weighted by atomic mass is 32.2. The Bertz CT molecular complexity index is 882. The summed E-state index contributed by atoms with van der Waals surface area (Å²) in [5.41, 5.74) is 0.473. The molecule has 0 fully saturated rings.